The third-order valence-electron chi connectivity index (χ3n) is 4.75. The minimum atomic E-state index is -0.340. The molecular weight excluding hydrogens is 331 g/mol. The van der Waals surface area contributed by atoms with E-state index in [1.165, 1.54) is 6.07 Å². The van der Waals surface area contributed by atoms with Gasteiger partial charge in [-0.25, -0.2) is 4.39 Å². The molecule has 1 N–H and O–H groups in total. The molecule has 2 amide bonds. The molecular formula is C21H23FN2O2. The van der Waals surface area contributed by atoms with Crippen molar-refractivity contribution in [2.75, 3.05) is 11.4 Å². The number of aryl methyl sites for hydroxylation is 1. The number of amides is 2. The number of hydrogen-bond acceptors (Lipinski definition) is 2. The highest BCUT2D eigenvalue weighted by molar-refractivity contribution is 6.01. The minimum Gasteiger partial charge on any atom is -0.352 e. The fraction of sp³-hybridized carbons (Fsp3) is 0.333. The molecule has 0 aromatic heterocycles. The fourth-order valence-corrected chi connectivity index (χ4v) is 3.17. The summed E-state index contributed by atoms with van der Waals surface area (Å²) in [5, 5.41) is 2.74. The van der Waals surface area contributed by atoms with Gasteiger partial charge in [-0.3, -0.25) is 9.59 Å². The number of halogens is 1. The van der Waals surface area contributed by atoms with Gasteiger partial charge in [0.25, 0.3) is 0 Å². The van der Waals surface area contributed by atoms with Crippen molar-refractivity contribution in [2.45, 2.75) is 26.8 Å². The SMILES string of the molecule is CCN(C(=O)C1CC1C(=O)NCc1ccccc1F)c1cccc(C)c1. The molecule has 4 nitrogen and oxygen atoms in total. The smallest absolute Gasteiger partial charge is 0.230 e. The average molecular weight is 354 g/mol. The maximum Gasteiger partial charge on any atom is 0.230 e. The second kappa shape index (κ2) is 7.68. The summed E-state index contributed by atoms with van der Waals surface area (Å²) < 4.78 is 13.6. The summed E-state index contributed by atoms with van der Waals surface area (Å²) in [4.78, 5) is 26.8. The van der Waals surface area contributed by atoms with Crippen LogP contribution in [0.2, 0.25) is 0 Å². The van der Waals surface area contributed by atoms with Gasteiger partial charge < -0.3 is 10.2 Å². The third kappa shape index (κ3) is 3.93. The maximum atomic E-state index is 13.6. The van der Waals surface area contributed by atoms with Crippen molar-refractivity contribution < 1.29 is 14.0 Å². The van der Waals surface area contributed by atoms with E-state index < -0.39 is 0 Å². The van der Waals surface area contributed by atoms with Gasteiger partial charge in [-0.15, -0.1) is 0 Å². The molecule has 0 spiro atoms. The second-order valence-corrected chi connectivity index (χ2v) is 6.68. The normalized spacial score (nSPS) is 18.3. The zero-order valence-corrected chi connectivity index (χ0v) is 15.0. The van der Waals surface area contributed by atoms with Crippen LogP contribution >= 0.6 is 0 Å². The molecule has 1 fully saturated rings. The Bertz CT molecular complexity index is 821. The van der Waals surface area contributed by atoms with Gasteiger partial charge in [0, 0.05) is 24.3 Å². The first-order valence-corrected chi connectivity index (χ1v) is 8.90. The predicted molar refractivity (Wildman–Crippen MR) is 99.0 cm³/mol. The van der Waals surface area contributed by atoms with Crippen LogP contribution in [0, 0.1) is 24.6 Å². The van der Waals surface area contributed by atoms with E-state index in [9.17, 15) is 14.0 Å². The monoisotopic (exact) mass is 354 g/mol. The Morgan fingerprint density at radius 3 is 2.62 bits per heavy atom. The number of hydrogen-bond donors (Lipinski definition) is 1. The van der Waals surface area contributed by atoms with Crippen LogP contribution in [0.5, 0.6) is 0 Å². The van der Waals surface area contributed by atoms with E-state index in [0.717, 1.165) is 11.3 Å². The van der Waals surface area contributed by atoms with Gasteiger partial charge in [0.2, 0.25) is 11.8 Å². The Hall–Kier alpha value is -2.69. The van der Waals surface area contributed by atoms with Crippen molar-refractivity contribution >= 4 is 17.5 Å². The van der Waals surface area contributed by atoms with Crippen molar-refractivity contribution in [3.63, 3.8) is 0 Å². The molecule has 0 heterocycles. The molecule has 2 unspecified atom stereocenters. The first-order valence-electron chi connectivity index (χ1n) is 8.90. The Morgan fingerprint density at radius 2 is 1.92 bits per heavy atom. The summed E-state index contributed by atoms with van der Waals surface area (Å²) in [6.45, 7) is 4.61. The zero-order valence-electron chi connectivity index (χ0n) is 15.0. The van der Waals surface area contributed by atoms with E-state index in [-0.39, 0.29) is 36.0 Å². The van der Waals surface area contributed by atoms with Crippen LogP contribution < -0.4 is 10.2 Å². The maximum absolute atomic E-state index is 13.6. The van der Waals surface area contributed by atoms with Gasteiger partial charge in [0.1, 0.15) is 5.82 Å². The molecule has 5 heteroatoms. The van der Waals surface area contributed by atoms with Crippen LogP contribution in [0.1, 0.15) is 24.5 Å². The highest BCUT2D eigenvalue weighted by Gasteiger charge is 2.49. The van der Waals surface area contributed by atoms with E-state index in [0.29, 0.717) is 18.5 Å². The van der Waals surface area contributed by atoms with Crippen LogP contribution in [-0.4, -0.2) is 18.4 Å². The lowest BCUT2D eigenvalue weighted by Gasteiger charge is -2.21. The second-order valence-electron chi connectivity index (χ2n) is 6.68. The van der Waals surface area contributed by atoms with Gasteiger partial charge in [0.15, 0.2) is 0 Å². The van der Waals surface area contributed by atoms with Gasteiger partial charge >= 0.3 is 0 Å². The summed E-state index contributed by atoms with van der Waals surface area (Å²) in [6.07, 6.45) is 0.546. The Labute approximate surface area is 153 Å². The van der Waals surface area contributed by atoms with Gasteiger partial charge in [-0.2, -0.15) is 0 Å². The van der Waals surface area contributed by atoms with Crippen molar-refractivity contribution in [1.82, 2.24) is 5.32 Å². The Morgan fingerprint density at radius 1 is 1.15 bits per heavy atom. The number of nitrogens with one attached hydrogen (secondary N) is 1. The van der Waals surface area contributed by atoms with E-state index in [1.807, 2.05) is 38.1 Å². The van der Waals surface area contributed by atoms with Gasteiger partial charge in [0.05, 0.1) is 11.8 Å². The molecule has 1 saturated carbocycles. The lowest BCUT2D eigenvalue weighted by Crippen LogP contribution is -2.34. The van der Waals surface area contributed by atoms with Crippen LogP contribution in [0.4, 0.5) is 10.1 Å². The Kier molecular flexibility index (Phi) is 5.35. The molecule has 0 saturated heterocycles. The van der Waals surface area contributed by atoms with Crippen molar-refractivity contribution in [2.24, 2.45) is 11.8 Å². The summed E-state index contributed by atoms with van der Waals surface area (Å²) in [6, 6.07) is 14.1. The van der Waals surface area contributed by atoms with Crippen LogP contribution in [0.25, 0.3) is 0 Å². The molecule has 2 aromatic rings. The quantitative estimate of drug-likeness (QED) is 0.864. The van der Waals surface area contributed by atoms with Crippen LogP contribution in [0.15, 0.2) is 48.5 Å². The molecule has 26 heavy (non-hydrogen) atoms. The Balaban J connectivity index is 1.59. The van der Waals surface area contributed by atoms with Crippen LogP contribution in [0.3, 0.4) is 0 Å². The number of anilines is 1. The number of carbonyl (C=O) groups excluding carboxylic acids is 2. The third-order valence-corrected chi connectivity index (χ3v) is 4.75. The topological polar surface area (TPSA) is 49.4 Å². The van der Waals surface area contributed by atoms with Crippen molar-refractivity contribution in [3.8, 4) is 0 Å². The fourth-order valence-electron chi connectivity index (χ4n) is 3.17. The minimum absolute atomic E-state index is 0.0239. The van der Waals surface area contributed by atoms with Crippen molar-refractivity contribution in [3.05, 3.63) is 65.5 Å². The summed E-state index contributed by atoms with van der Waals surface area (Å²) in [5.74, 6) is -1.17. The standard InChI is InChI=1S/C21H23FN2O2/c1-3-24(16-9-6-7-14(2)11-16)21(26)18-12-17(18)20(25)23-13-15-8-4-5-10-19(15)22/h4-11,17-18H,3,12-13H2,1-2H3,(H,23,25). The number of benzene rings is 2. The lowest BCUT2D eigenvalue weighted by atomic mass is 10.2. The summed E-state index contributed by atoms with van der Waals surface area (Å²) >= 11 is 0. The van der Waals surface area contributed by atoms with E-state index in [2.05, 4.69) is 5.32 Å². The highest BCUT2D eigenvalue weighted by atomic mass is 19.1. The molecule has 0 bridgehead atoms. The number of carbonyl (C=O) groups is 2. The highest BCUT2D eigenvalue weighted by Crippen LogP contribution is 2.41. The van der Waals surface area contributed by atoms with Gasteiger partial charge in [-0.1, -0.05) is 30.3 Å². The predicted octanol–water partition coefficient (Wildman–Crippen LogP) is 3.44. The van der Waals surface area contributed by atoms with Crippen LogP contribution in [-0.2, 0) is 16.1 Å². The van der Waals surface area contributed by atoms with E-state index in [4.69, 9.17) is 0 Å². The van der Waals surface area contributed by atoms with Gasteiger partial charge in [-0.05, 0) is 44.0 Å². The first-order chi connectivity index (χ1) is 12.5. The number of rotatable bonds is 6. The summed E-state index contributed by atoms with van der Waals surface area (Å²) in [7, 11) is 0. The largest absolute Gasteiger partial charge is 0.352 e. The molecule has 1 aliphatic carbocycles. The molecule has 0 aliphatic heterocycles. The van der Waals surface area contributed by atoms with E-state index in [1.54, 1.807) is 23.1 Å². The summed E-state index contributed by atoms with van der Waals surface area (Å²) in [5.41, 5.74) is 2.39. The first kappa shape index (κ1) is 18.1. The molecule has 3 rings (SSSR count). The molecule has 2 aromatic carbocycles. The zero-order chi connectivity index (χ0) is 18.7. The molecule has 1 aliphatic rings. The van der Waals surface area contributed by atoms with Crippen molar-refractivity contribution in [1.29, 1.82) is 0 Å². The molecule has 0 radical (unpaired) electrons. The number of nitrogens with zero attached hydrogens (tertiary/aromatic N) is 1. The lowest BCUT2D eigenvalue weighted by molar-refractivity contribution is -0.126. The molecule has 136 valence electrons. The van der Waals surface area contributed by atoms with E-state index >= 15 is 0 Å². The average Bonchev–Trinajstić information content (AvgIpc) is 3.42. The molecule has 2 atom stereocenters.